The van der Waals surface area contributed by atoms with E-state index in [1.54, 1.807) is 12.1 Å². The van der Waals surface area contributed by atoms with Crippen molar-refractivity contribution in [3.05, 3.63) is 57.8 Å². The summed E-state index contributed by atoms with van der Waals surface area (Å²) in [5, 5.41) is 39.8. The van der Waals surface area contributed by atoms with Gasteiger partial charge in [0.2, 0.25) is 5.91 Å². The van der Waals surface area contributed by atoms with Gasteiger partial charge >= 0.3 is 5.97 Å². The highest BCUT2D eigenvalue weighted by molar-refractivity contribution is 9.10. The topological polar surface area (TPSA) is 189 Å². The summed E-state index contributed by atoms with van der Waals surface area (Å²) < 4.78 is 0.682. The molecular formula is C26H28BrN7O5. The summed E-state index contributed by atoms with van der Waals surface area (Å²) in [6.07, 6.45) is 4.30. The van der Waals surface area contributed by atoms with Crippen LogP contribution in [-0.4, -0.2) is 64.7 Å². The molecule has 2 aliphatic rings. The number of benzene rings is 1. The average molecular weight is 598 g/mol. The number of guanidine groups is 1. The maximum atomic E-state index is 12.7. The first-order valence-corrected chi connectivity index (χ1v) is 13.2. The highest BCUT2D eigenvalue weighted by atomic mass is 79.9. The summed E-state index contributed by atoms with van der Waals surface area (Å²) in [5.74, 6) is -1.78. The summed E-state index contributed by atoms with van der Waals surface area (Å²) in [4.78, 5) is 45.2. The van der Waals surface area contributed by atoms with Gasteiger partial charge in [-0.2, -0.15) is 5.26 Å². The lowest BCUT2D eigenvalue weighted by atomic mass is 9.65. The van der Waals surface area contributed by atoms with Crippen molar-refractivity contribution in [1.29, 1.82) is 5.26 Å². The van der Waals surface area contributed by atoms with Crippen LogP contribution in [0.2, 0.25) is 0 Å². The number of nitrogens with one attached hydrogen (secondary N) is 4. The first-order valence-electron chi connectivity index (χ1n) is 12.4. The number of carboxylic acids is 1. The van der Waals surface area contributed by atoms with Gasteiger partial charge in [-0.25, -0.2) is 0 Å². The molecule has 1 aliphatic carbocycles. The molecule has 2 aromatic rings. The molecule has 1 aromatic heterocycles. The standard InChI is InChI=1S/C26H28BrN7O5/c27-18-5-15(4-17(7-18)26(14-28)2-1-3-26)21(8-23(37)38)34-22(36)13-30-24(39)16-6-19(10-29-9-16)33-25-31-11-20(35)12-32-25/h4-7,9-10,20-21,35H,1-3,8,11-13H2,(H,30,39)(H,34,36)(H,37,38)(H2,31,32,33)/t21-/m0/s1. The van der Waals surface area contributed by atoms with Crippen LogP contribution in [0.4, 0.5) is 5.69 Å². The number of aromatic nitrogens is 1. The quantitative estimate of drug-likeness (QED) is 0.249. The third kappa shape index (κ3) is 7.10. The van der Waals surface area contributed by atoms with Gasteiger partial charge in [-0.05, 0) is 48.6 Å². The fraction of sp³-hybridized carbons (Fsp3) is 0.385. The molecule has 0 radical (unpaired) electrons. The van der Waals surface area contributed by atoms with Crippen molar-refractivity contribution < 1.29 is 24.6 Å². The first-order chi connectivity index (χ1) is 18.7. The molecule has 6 N–H and O–H groups in total. The SMILES string of the molecule is N#CC1(c2cc(Br)cc([C@H](CC(=O)O)NC(=O)CNC(=O)c3cncc(NC4=NCC(O)CN4)c3)c2)CCC1. The van der Waals surface area contributed by atoms with Crippen LogP contribution in [0, 0.1) is 11.3 Å². The number of aliphatic hydroxyl groups is 1. The van der Waals surface area contributed by atoms with E-state index >= 15 is 0 Å². The van der Waals surface area contributed by atoms with E-state index in [4.69, 9.17) is 0 Å². The number of amides is 2. The van der Waals surface area contributed by atoms with Crippen LogP contribution in [-0.2, 0) is 15.0 Å². The molecule has 204 valence electrons. The molecule has 12 nitrogen and oxygen atoms in total. The minimum atomic E-state index is -1.11. The van der Waals surface area contributed by atoms with Gasteiger partial charge in [0.1, 0.15) is 0 Å². The van der Waals surface area contributed by atoms with Crippen molar-refractivity contribution in [3.63, 3.8) is 0 Å². The van der Waals surface area contributed by atoms with E-state index in [1.165, 1.54) is 18.5 Å². The fourth-order valence-electron chi connectivity index (χ4n) is 4.40. The Morgan fingerprint density at radius 1 is 1.23 bits per heavy atom. The summed E-state index contributed by atoms with van der Waals surface area (Å²) in [6, 6.07) is 8.40. The normalized spacial score (nSPS) is 18.3. The van der Waals surface area contributed by atoms with Gasteiger partial charge in [-0.15, -0.1) is 0 Å². The summed E-state index contributed by atoms with van der Waals surface area (Å²) in [5.41, 5.74) is 1.42. The van der Waals surface area contributed by atoms with Crippen LogP contribution in [0.25, 0.3) is 0 Å². The molecule has 39 heavy (non-hydrogen) atoms. The van der Waals surface area contributed by atoms with E-state index in [9.17, 15) is 29.9 Å². The summed E-state index contributed by atoms with van der Waals surface area (Å²) in [6.45, 7) is 0.209. The summed E-state index contributed by atoms with van der Waals surface area (Å²) >= 11 is 3.44. The lowest BCUT2D eigenvalue weighted by Gasteiger charge is -2.36. The Hall–Kier alpha value is -4.02. The van der Waals surface area contributed by atoms with E-state index in [2.05, 4.69) is 53.2 Å². The minimum Gasteiger partial charge on any atom is -0.481 e. The second kappa shape index (κ2) is 12.2. The zero-order chi connectivity index (χ0) is 28.0. The van der Waals surface area contributed by atoms with E-state index in [0.717, 1.165) is 24.8 Å². The van der Waals surface area contributed by atoms with Gasteiger partial charge in [0.15, 0.2) is 5.96 Å². The number of anilines is 1. The van der Waals surface area contributed by atoms with E-state index < -0.39 is 35.3 Å². The second-order valence-corrected chi connectivity index (χ2v) is 10.4. The van der Waals surface area contributed by atoms with Crippen molar-refractivity contribution in [2.45, 2.75) is 43.2 Å². The average Bonchev–Trinajstić information content (AvgIpc) is 2.87. The van der Waals surface area contributed by atoms with Crippen molar-refractivity contribution in [2.75, 3.05) is 25.0 Å². The second-order valence-electron chi connectivity index (χ2n) is 9.53. The number of aliphatic carboxylic acids is 1. The Labute approximate surface area is 233 Å². The van der Waals surface area contributed by atoms with Gasteiger partial charge in [-0.1, -0.05) is 22.0 Å². The largest absolute Gasteiger partial charge is 0.481 e. The number of nitriles is 1. The van der Waals surface area contributed by atoms with Gasteiger partial charge in [0, 0.05) is 17.2 Å². The Kier molecular flexibility index (Phi) is 8.78. The van der Waals surface area contributed by atoms with Crippen LogP contribution in [0.5, 0.6) is 0 Å². The molecule has 2 amide bonds. The Balaban J connectivity index is 1.39. The number of hydrogen-bond acceptors (Lipinski definition) is 9. The van der Waals surface area contributed by atoms with Gasteiger partial charge in [-0.3, -0.25) is 24.4 Å². The van der Waals surface area contributed by atoms with Crippen LogP contribution in [0.1, 0.15) is 53.2 Å². The van der Waals surface area contributed by atoms with E-state index in [-0.39, 0.29) is 25.1 Å². The third-order valence-electron chi connectivity index (χ3n) is 6.65. The molecule has 1 saturated carbocycles. The predicted molar refractivity (Wildman–Crippen MR) is 145 cm³/mol. The number of carbonyl (C=O) groups excluding carboxylic acids is 2. The molecule has 4 rings (SSSR count). The van der Waals surface area contributed by atoms with Crippen molar-refractivity contribution >= 4 is 45.4 Å². The smallest absolute Gasteiger partial charge is 0.305 e. The Morgan fingerprint density at radius 3 is 2.67 bits per heavy atom. The third-order valence-corrected chi connectivity index (χ3v) is 7.11. The maximum Gasteiger partial charge on any atom is 0.305 e. The predicted octanol–water partition coefficient (Wildman–Crippen LogP) is 1.58. The number of carbonyl (C=O) groups is 3. The van der Waals surface area contributed by atoms with Crippen LogP contribution >= 0.6 is 15.9 Å². The molecule has 0 spiro atoms. The fourth-order valence-corrected chi connectivity index (χ4v) is 4.92. The molecule has 1 aromatic carbocycles. The number of aliphatic imine (C=N–C) groups is 1. The molecule has 2 heterocycles. The highest BCUT2D eigenvalue weighted by Gasteiger charge is 2.39. The van der Waals surface area contributed by atoms with Crippen LogP contribution in [0.15, 0.2) is 46.1 Å². The monoisotopic (exact) mass is 597 g/mol. The van der Waals surface area contributed by atoms with Crippen molar-refractivity contribution in [2.24, 2.45) is 4.99 Å². The number of hydrogen-bond donors (Lipinski definition) is 6. The molecule has 1 fully saturated rings. The molecule has 2 atom stereocenters. The molecule has 1 unspecified atom stereocenters. The molecule has 1 aliphatic heterocycles. The highest BCUT2D eigenvalue weighted by Crippen LogP contribution is 2.44. The van der Waals surface area contributed by atoms with E-state index in [1.807, 2.05) is 6.07 Å². The lowest BCUT2D eigenvalue weighted by molar-refractivity contribution is -0.137. The summed E-state index contributed by atoms with van der Waals surface area (Å²) in [7, 11) is 0. The van der Waals surface area contributed by atoms with Crippen molar-refractivity contribution in [3.8, 4) is 6.07 Å². The number of carboxylic acid groups (broad SMARTS) is 1. The molecular weight excluding hydrogens is 570 g/mol. The number of pyridine rings is 1. The van der Waals surface area contributed by atoms with Gasteiger partial charge in [0.05, 0.1) is 60.6 Å². The van der Waals surface area contributed by atoms with Crippen LogP contribution < -0.4 is 21.3 Å². The van der Waals surface area contributed by atoms with Crippen molar-refractivity contribution in [1.82, 2.24) is 20.9 Å². The Morgan fingerprint density at radius 2 is 2.03 bits per heavy atom. The number of β-amino-alcohol motifs (C(OH)–C–C–N with tert-alkyl or cyclic N) is 1. The Bertz CT molecular complexity index is 1340. The molecule has 0 saturated heterocycles. The maximum absolute atomic E-state index is 12.7. The molecule has 13 heteroatoms. The minimum absolute atomic E-state index is 0.199. The van der Waals surface area contributed by atoms with Gasteiger partial charge < -0.3 is 31.5 Å². The van der Waals surface area contributed by atoms with Crippen LogP contribution in [0.3, 0.4) is 0 Å². The zero-order valence-corrected chi connectivity index (χ0v) is 22.5. The number of halogens is 1. The number of nitrogens with zero attached hydrogens (tertiary/aromatic N) is 3. The molecule has 0 bridgehead atoms. The zero-order valence-electron chi connectivity index (χ0n) is 20.9. The first kappa shape index (κ1) is 28.0. The lowest BCUT2D eigenvalue weighted by Crippen LogP contribution is -2.42. The van der Waals surface area contributed by atoms with Gasteiger partial charge in [0.25, 0.3) is 5.91 Å². The number of rotatable bonds is 9. The van der Waals surface area contributed by atoms with E-state index in [0.29, 0.717) is 28.2 Å². The number of aliphatic hydroxyl groups excluding tert-OH is 1.